The summed E-state index contributed by atoms with van der Waals surface area (Å²) in [5.74, 6) is -0.295. The number of carbonyl (C=O) groups excluding carboxylic acids is 2. The zero-order chi connectivity index (χ0) is 21.5. The number of carbonyl (C=O) groups is 2. The van der Waals surface area contributed by atoms with E-state index in [0.717, 1.165) is 42.6 Å². The Hall–Kier alpha value is -3.40. The third kappa shape index (κ3) is 5.21. The number of hydrogen-bond acceptors (Lipinski definition) is 2. The number of amides is 2. The maximum Gasteiger partial charge on any atom is 0.253 e. The lowest BCUT2D eigenvalue weighted by molar-refractivity contribution is -0.121. The minimum Gasteiger partial charge on any atom is -0.351 e. The largest absolute Gasteiger partial charge is 0.351 e. The van der Waals surface area contributed by atoms with Crippen molar-refractivity contribution in [3.8, 4) is 0 Å². The molecule has 1 aliphatic heterocycles. The maximum absolute atomic E-state index is 13.1. The van der Waals surface area contributed by atoms with Crippen LogP contribution in [-0.4, -0.2) is 29.8 Å². The number of likely N-dealkylation sites (tertiary alicyclic amines) is 1. The molecule has 0 saturated carbocycles. The lowest BCUT2D eigenvalue weighted by Crippen LogP contribution is -2.35. The second-order valence-corrected chi connectivity index (χ2v) is 8.02. The fourth-order valence-electron chi connectivity index (χ4n) is 4.12. The molecule has 1 heterocycles. The smallest absolute Gasteiger partial charge is 0.253 e. The molecule has 31 heavy (non-hydrogen) atoms. The van der Waals surface area contributed by atoms with Gasteiger partial charge in [-0.15, -0.1) is 0 Å². The quantitative estimate of drug-likeness (QED) is 0.635. The lowest BCUT2D eigenvalue weighted by Gasteiger charge is -2.26. The Morgan fingerprint density at radius 3 is 1.84 bits per heavy atom. The number of nitrogens with zero attached hydrogens (tertiary/aromatic N) is 1. The number of benzene rings is 3. The van der Waals surface area contributed by atoms with Gasteiger partial charge in [-0.2, -0.15) is 0 Å². The molecule has 0 aliphatic carbocycles. The molecule has 2 amide bonds. The van der Waals surface area contributed by atoms with Crippen molar-refractivity contribution in [3.63, 3.8) is 0 Å². The van der Waals surface area contributed by atoms with E-state index < -0.39 is 0 Å². The number of piperidine rings is 1. The summed E-state index contributed by atoms with van der Waals surface area (Å²) in [7, 11) is 0. The van der Waals surface area contributed by atoms with Gasteiger partial charge in [0.2, 0.25) is 5.91 Å². The molecule has 0 radical (unpaired) electrons. The predicted molar refractivity (Wildman–Crippen MR) is 123 cm³/mol. The van der Waals surface area contributed by atoms with E-state index >= 15 is 0 Å². The van der Waals surface area contributed by atoms with Crippen LogP contribution in [0.25, 0.3) is 0 Å². The average Bonchev–Trinajstić information content (AvgIpc) is 2.85. The van der Waals surface area contributed by atoms with E-state index in [0.29, 0.717) is 12.1 Å². The zero-order valence-corrected chi connectivity index (χ0v) is 17.7. The van der Waals surface area contributed by atoms with Gasteiger partial charge in [0, 0.05) is 25.2 Å². The van der Waals surface area contributed by atoms with Crippen molar-refractivity contribution in [2.24, 2.45) is 0 Å². The van der Waals surface area contributed by atoms with Crippen LogP contribution >= 0.6 is 0 Å². The van der Waals surface area contributed by atoms with Crippen LogP contribution in [0, 0.1) is 0 Å². The Bertz CT molecular complexity index is 955. The minimum absolute atomic E-state index is 0.0362. The van der Waals surface area contributed by atoms with E-state index in [1.165, 1.54) is 6.42 Å². The van der Waals surface area contributed by atoms with Crippen LogP contribution in [0.5, 0.6) is 0 Å². The van der Waals surface area contributed by atoms with Crippen LogP contribution < -0.4 is 5.32 Å². The van der Waals surface area contributed by atoms with Crippen molar-refractivity contribution in [3.05, 3.63) is 107 Å². The fraction of sp³-hybridized carbons (Fsp3) is 0.259. The monoisotopic (exact) mass is 412 g/mol. The average molecular weight is 413 g/mol. The summed E-state index contributed by atoms with van der Waals surface area (Å²) in [6.45, 7) is 2.11. The highest BCUT2D eigenvalue weighted by atomic mass is 16.2. The molecule has 4 heteroatoms. The Labute approximate surface area is 183 Å². The highest BCUT2D eigenvalue weighted by molar-refractivity contribution is 5.94. The van der Waals surface area contributed by atoms with Crippen LogP contribution in [0.4, 0.5) is 0 Å². The molecule has 0 atom stereocenters. The van der Waals surface area contributed by atoms with Crippen molar-refractivity contribution in [2.45, 2.75) is 31.7 Å². The van der Waals surface area contributed by atoms with E-state index in [1.807, 2.05) is 89.8 Å². The predicted octanol–water partition coefficient (Wildman–Crippen LogP) is 4.76. The van der Waals surface area contributed by atoms with Crippen molar-refractivity contribution >= 4 is 11.8 Å². The molecule has 158 valence electrons. The van der Waals surface area contributed by atoms with Crippen molar-refractivity contribution in [2.75, 3.05) is 13.1 Å². The van der Waals surface area contributed by atoms with Gasteiger partial charge in [0.05, 0.1) is 5.92 Å². The summed E-state index contributed by atoms with van der Waals surface area (Å²) in [5.41, 5.74) is 3.62. The highest BCUT2D eigenvalue weighted by Crippen LogP contribution is 2.25. The maximum atomic E-state index is 13.1. The highest BCUT2D eigenvalue weighted by Gasteiger charge is 2.22. The molecular weight excluding hydrogens is 384 g/mol. The van der Waals surface area contributed by atoms with E-state index in [4.69, 9.17) is 0 Å². The molecule has 3 aromatic carbocycles. The van der Waals surface area contributed by atoms with E-state index in [2.05, 4.69) is 5.32 Å². The molecule has 0 spiro atoms. The molecule has 0 unspecified atom stereocenters. The van der Waals surface area contributed by atoms with Crippen LogP contribution in [0.1, 0.15) is 52.2 Å². The number of nitrogens with one attached hydrogen (secondary N) is 1. The molecule has 0 aromatic heterocycles. The van der Waals surface area contributed by atoms with E-state index in [9.17, 15) is 9.59 Å². The third-order valence-electron chi connectivity index (χ3n) is 5.84. The number of rotatable bonds is 6. The van der Waals surface area contributed by atoms with Crippen molar-refractivity contribution < 1.29 is 9.59 Å². The van der Waals surface area contributed by atoms with Gasteiger partial charge in [-0.3, -0.25) is 9.59 Å². The van der Waals surface area contributed by atoms with Crippen molar-refractivity contribution in [1.82, 2.24) is 10.2 Å². The molecule has 1 saturated heterocycles. The Kier molecular flexibility index (Phi) is 6.78. The van der Waals surface area contributed by atoms with Gasteiger partial charge in [-0.1, -0.05) is 72.8 Å². The first kappa shape index (κ1) is 20.9. The Morgan fingerprint density at radius 1 is 0.742 bits per heavy atom. The molecule has 4 nitrogen and oxygen atoms in total. The normalized spacial score (nSPS) is 13.8. The Balaban J connectivity index is 1.42. The van der Waals surface area contributed by atoms with Gasteiger partial charge in [0.1, 0.15) is 0 Å². The zero-order valence-electron chi connectivity index (χ0n) is 17.7. The van der Waals surface area contributed by atoms with E-state index in [-0.39, 0.29) is 17.7 Å². The summed E-state index contributed by atoms with van der Waals surface area (Å²) in [4.78, 5) is 27.7. The van der Waals surface area contributed by atoms with Gasteiger partial charge >= 0.3 is 0 Å². The number of hydrogen-bond donors (Lipinski definition) is 1. The molecule has 4 rings (SSSR count). The first-order chi connectivity index (χ1) is 15.2. The minimum atomic E-state index is -0.359. The first-order valence-corrected chi connectivity index (χ1v) is 11.0. The van der Waals surface area contributed by atoms with Crippen LogP contribution in [0.3, 0.4) is 0 Å². The van der Waals surface area contributed by atoms with Gasteiger partial charge in [0.15, 0.2) is 0 Å². The molecule has 1 N–H and O–H groups in total. The molecular formula is C27H28N2O2. The SMILES string of the molecule is O=C(NCc1ccc(C(=O)N2CCCCC2)cc1)C(c1ccccc1)c1ccccc1. The second-order valence-electron chi connectivity index (χ2n) is 8.02. The summed E-state index contributed by atoms with van der Waals surface area (Å²) in [5, 5.41) is 3.07. The van der Waals surface area contributed by atoms with Crippen LogP contribution in [0.2, 0.25) is 0 Å². The molecule has 1 fully saturated rings. The second kappa shape index (κ2) is 10.1. The van der Waals surface area contributed by atoms with Crippen molar-refractivity contribution in [1.29, 1.82) is 0 Å². The fourth-order valence-corrected chi connectivity index (χ4v) is 4.12. The van der Waals surface area contributed by atoms with Gasteiger partial charge < -0.3 is 10.2 Å². The van der Waals surface area contributed by atoms with Gasteiger partial charge in [0.25, 0.3) is 5.91 Å². The summed E-state index contributed by atoms with van der Waals surface area (Å²) < 4.78 is 0. The molecule has 1 aliphatic rings. The van der Waals surface area contributed by atoms with Crippen LogP contribution in [0.15, 0.2) is 84.9 Å². The van der Waals surface area contributed by atoms with E-state index in [1.54, 1.807) is 0 Å². The topological polar surface area (TPSA) is 49.4 Å². The lowest BCUT2D eigenvalue weighted by atomic mass is 9.90. The first-order valence-electron chi connectivity index (χ1n) is 11.0. The summed E-state index contributed by atoms with van der Waals surface area (Å²) in [6.07, 6.45) is 3.37. The summed E-state index contributed by atoms with van der Waals surface area (Å²) in [6, 6.07) is 27.3. The summed E-state index contributed by atoms with van der Waals surface area (Å²) >= 11 is 0. The van der Waals surface area contributed by atoms with Gasteiger partial charge in [-0.05, 0) is 48.1 Å². The third-order valence-corrected chi connectivity index (χ3v) is 5.84. The van der Waals surface area contributed by atoms with Crippen LogP contribution in [-0.2, 0) is 11.3 Å². The Morgan fingerprint density at radius 2 is 1.29 bits per heavy atom. The molecule has 0 bridgehead atoms. The molecule has 3 aromatic rings. The van der Waals surface area contributed by atoms with Gasteiger partial charge in [-0.25, -0.2) is 0 Å². The standard InChI is InChI=1S/C27H28N2O2/c30-26(25(22-10-4-1-5-11-22)23-12-6-2-7-13-23)28-20-21-14-16-24(17-15-21)27(31)29-18-8-3-9-19-29/h1-2,4-7,10-17,25H,3,8-9,18-20H2,(H,28,30).